The van der Waals surface area contributed by atoms with Gasteiger partial charge in [-0.05, 0) is 53.7 Å². The number of pyridine rings is 1. The molecule has 0 bridgehead atoms. The zero-order valence-electron chi connectivity index (χ0n) is 9.74. The lowest BCUT2D eigenvalue weighted by atomic mass is 9.93. The molecule has 1 amide bonds. The van der Waals surface area contributed by atoms with E-state index in [0.29, 0.717) is 0 Å². The predicted octanol–water partition coefficient (Wildman–Crippen LogP) is 3.45. The highest BCUT2D eigenvalue weighted by Gasteiger charge is 2.18. The average molecular weight is 295 g/mol. The fraction of sp³-hybridized carbons (Fsp3) is 0.385. The molecule has 0 aliphatic heterocycles. The number of anilines is 1. The molecule has 0 saturated carbocycles. The van der Waals surface area contributed by atoms with Gasteiger partial charge in [-0.25, -0.2) is 4.98 Å². The third-order valence-corrected chi connectivity index (χ3v) is 3.75. The van der Waals surface area contributed by atoms with Crippen molar-refractivity contribution in [3.8, 4) is 0 Å². The molecule has 0 saturated heterocycles. The molecule has 0 spiro atoms. The van der Waals surface area contributed by atoms with Crippen LogP contribution >= 0.6 is 15.9 Å². The summed E-state index contributed by atoms with van der Waals surface area (Å²) >= 11 is 3.34. The monoisotopic (exact) mass is 294 g/mol. The molecule has 1 aliphatic rings. The molecule has 1 heterocycles. The maximum absolute atomic E-state index is 12.0. The Labute approximate surface area is 109 Å². The Morgan fingerprint density at radius 2 is 2.35 bits per heavy atom. The molecule has 3 nitrogen and oxygen atoms in total. The smallest absolute Gasteiger partial charge is 0.227 e. The molecule has 17 heavy (non-hydrogen) atoms. The summed E-state index contributed by atoms with van der Waals surface area (Å²) in [7, 11) is 0. The van der Waals surface area contributed by atoms with Crippen molar-refractivity contribution in [2.24, 2.45) is 5.92 Å². The molecular formula is C13H15BrN2O. The number of hydrogen-bond acceptors (Lipinski definition) is 2. The first-order valence-electron chi connectivity index (χ1n) is 5.75. The van der Waals surface area contributed by atoms with Crippen LogP contribution in [-0.2, 0) is 4.79 Å². The van der Waals surface area contributed by atoms with Gasteiger partial charge < -0.3 is 5.32 Å². The Balaban J connectivity index is 2.02. The van der Waals surface area contributed by atoms with Gasteiger partial charge in [-0.3, -0.25) is 4.79 Å². The first-order chi connectivity index (χ1) is 8.16. The molecule has 0 fully saturated rings. The molecule has 1 aromatic heterocycles. The number of hydrogen-bond donors (Lipinski definition) is 1. The summed E-state index contributed by atoms with van der Waals surface area (Å²) in [6.07, 6.45) is 8.66. The Kier molecular flexibility index (Phi) is 3.94. The number of amides is 1. The van der Waals surface area contributed by atoms with Crippen molar-refractivity contribution in [1.29, 1.82) is 0 Å². The van der Waals surface area contributed by atoms with E-state index in [0.717, 1.165) is 35.1 Å². The minimum absolute atomic E-state index is 0.0953. The zero-order chi connectivity index (χ0) is 12.3. The topological polar surface area (TPSA) is 42.0 Å². The Bertz CT molecular complexity index is 457. The van der Waals surface area contributed by atoms with Gasteiger partial charge in [-0.1, -0.05) is 12.2 Å². The number of rotatable bonds is 2. The fourth-order valence-corrected chi connectivity index (χ4v) is 2.12. The molecule has 1 unspecified atom stereocenters. The highest BCUT2D eigenvalue weighted by atomic mass is 79.9. The van der Waals surface area contributed by atoms with Gasteiger partial charge in [0, 0.05) is 5.92 Å². The van der Waals surface area contributed by atoms with E-state index < -0.39 is 0 Å². The summed E-state index contributed by atoms with van der Waals surface area (Å²) in [6.45, 7) is 1.95. The predicted molar refractivity (Wildman–Crippen MR) is 71.8 cm³/mol. The van der Waals surface area contributed by atoms with Crippen molar-refractivity contribution in [3.63, 3.8) is 0 Å². The highest BCUT2D eigenvalue weighted by Crippen LogP contribution is 2.21. The normalized spacial score (nSPS) is 19.1. The summed E-state index contributed by atoms with van der Waals surface area (Å²) in [5, 5.41) is 2.92. The molecule has 0 radical (unpaired) electrons. The third kappa shape index (κ3) is 3.16. The van der Waals surface area contributed by atoms with E-state index in [1.165, 1.54) is 0 Å². The van der Waals surface area contributed by atoms with Crippen LogP contribution in [0.4, 0.5) is 5.69 Å². The van der Waals surface area contributed by atoms with Crippen molar-refractivity contribution >= 4 is 27.5 Å². The lowest BCUT2D eigenvalue weighted by Crippen LogP contribution is -2.23. The number of carbonyl (C=O) groups is 1. The van der Waals surface area contributed by atoms with E-state index in [1.54, 1.807) is 6.20 Å². The van der Waals surface area contributed by atoms with E-state index in [2.05, 4.69) is 38.4 Å². The third-order valence-electron chi connectivity index (χ3n) is 2.92. The Morgan fingerprint density at radius 1 is 1.53 bits per heavy atom. The van der Waals surface area contributed by atoms with E-state index in [-0.39, 0.29) is 11.8 Å². The molecule has 4 heteroatoms. The molecule has 1 aromatic rings. The first kappa shape index (κ1) is 12.3. The van der Waals surface area contributed by atoms with Crippen LogP contribution in [0, 0.1) is 12.8 Å². The van der Waals surface area contributed by atoms with Gasteiger partial charge in [0.25, 0.3) is 0 Å². The highest BCUT2D eigenvalue weighted by molar-refractivity contribution is 9.10. The number of nitrogens with zero attached hydrogens (tertiary/aromatic N) is 1. The number of aryl methyl sites for hydroxylation is 1. The summed E-state index contributed by atoms with van der Waals surface area (Å²) < 4.78 is 0.816. The van der Waals surface area contributed by atoms with Crippen LogP contribution in [0.15, 0.2) is 29.0 Å². The standard InChI is InChI=1S/C13H15BrN2O/c1-9-7-11(8-15-12(9)14)16-13(17)10-5-3-2-4-6-10/h2-3,7-8,10H,4-6H2,1H3,(H,16,17). The molecule has 2 rings (SSSR count). The largest absolute Gasteiger partial charge is 0.324 e. The van der Waals surface area contributed by atoms with Gasteiger partial charge in [-0.15, -0.1) is 0 Å². The van der Waals surface area contributed by atoms with Crippen LogP contribution in [0.25, 0.3) is 0 Å². The van der Waals surface area contributed by atoms with Crippen molar-refractivity contribution < 1.29 is 4.79 Å². The Morgan fingerprint density at radius 3 is 3.00 bits per heavy atom. The maximum atomic E-state index is 12.0. The quantitative estimate of drug-likeness (QED) is 0.670. The first-order valence-corrected chi connectivity index (χ1v) is 6.54. The second-order valence-electron chi connectivity index (χ2n) is 4.30. The van der Waals surface area contributed by atoms with E-state index in [9.17, 15) is 4.79 Å². The molecule has 1 N–H and O–H groups in total. The van der Waals surface area contributed by atoms with Crippen LogP contribution in [0.5, 0.6) is 0 Å². The van der Waals surface area contributed by atoms with Gasteiger partial charge in [-0.2, -0.15) is 0 Å². The van der Waals surface area contributed by atoms with Gasteiger partial charge in [0.15, 0.2) is 0 Å². The van der Waals surface area contributed by atoms with Crippen molar-refractivity contribution in [2.75, 3.05) is 5.32 Å². The molecule has 1 aliphatic carbocycles. The fourth-order valence-electron chi connectivity index (χ4n) is 1.90. The number of carbonyl (C=O) groups excluding carboxylic acids is 1. The SMILES string of the molecule is Cc1cc(NC(=O)C2CC=CCC2)cnc1Br. The average Bonchev–Trinajstić information content (AvgIpc) is 2.35. The minimum atomic E-state index is 0.0953. The van der Waals surface area contributed by atoms with Crippen LogP contribution in [0.3, 0.4) is 0 Å². The van der Waals surface area contributed by atoms with Gasteiger partial charge in [0.05, 0.1) is 11.9 Å². The van der Waals surface area contributed by atoms with Crippen LogP contribution in [0.2, 0.25) is 0 Å². The zero-order valence-corrected chi connectivity index (χ0v) is 11.3. The Hall–Kier alpha value is -1.16. The number of aromatic nitrogens is 1. The van der Waals surface area contributed by atoms with Crippen molar-refractivity contribution in [1.82, 2.24) is 4.98 Å². The summed E-state index contributed by atoms with van der Waals surface area (Å²) in [6, 6.07) is 1.92. The maximum Gasteiger partial charge on any atom is 0.227 e. The van der Waals surface area contributed by atoms with E-state index in [4.69, 9.17) is 0 Å². The van der Waals surface area contributed by atoms with Crippen LogP contribution in [-0.4, -0.2) is 10.9 Å². The van der Waals surface area contributed by atoms with Gasteiger partial charge in [0.2, 0.25) is 5.91 Å². The van der Waals surface area contributed by atoms with Gasteiger partial charge >= 0.3 is 0 Å². The second-order valence-corrected chi connectivity index (χ2v) is 5.05. The summed E-state index contributed by atoms with van der Waals surface area (Å²) in [5.41, 5.74) is 1.79. The van der Waals surface area contributed by atoms with E-state index >= 15 is 0 Å². The molecule has 0 aromatic carbocycles. The van der Waals surface area contributed by atoms with Crippen LogP contribution in [0.1, 0.15) is 24.8 Å². The van der Waals surface area contributed by atoms with Crippen molar-refractivity contribution in [2.45, 2.75) is 26.2 Å². The number of halogens is 1. The second kappa shape index (κ2) is 5.45. The number of allylic oxidation sites excluding steroid dienone is 2. The lowest BCUT2D eigenvalue weighted by molar-refractivity contribution is -0.120. The van der Waals surface area contributed by atoms with Crippen molar-refractivity contribution in [3.05, 3.63) is 34.6 Å². The molecule has 1 atom stereocenters. The van der Waals surface area contributed by atoms with E-state index in [1.807, 2.05) is 13.0 Å². The minimum Gasteiger partial charge on any atom is -0.324 e. The van der Waals surface area contributed by atoms with Gasteiger partial charge in [0.1, 0.15) is 4.60 Å². The molecular weight excluding hydrogens is 280 g/mol. The molecule has 90 valence electrons. The number of nitrogens with one attached hydrogen (secondary N) is 1. The lowest BCUT2D eigenvalue weighted by Gasteiger charge is -2.17. The summed E-state index contributed by atoms with van der Waals surface area (Å²) in [4.78, 5) is 16.1. The van der Waals surface area contributed by atoms with Crippen LogP contribution < -0.4 is 5.32 Å². The summed E-state index contributed by atoms with van der Waals surface area (Å²) in [5.74, 6) is 0.196.